The quantitative estimate of drug-likeness (QED) is 0.833. The molecule has 6 nitrogen and oxygen atoms in total. The lowest BCUT2D eigenvalue weighted by atomic mass is 10.2. The molecule has 1 fully saturated rings. The molecular formula is C17H18N2O4S. The topological polar surface area (TPSA) is 78.9 Å². The van der Waals surface area contributed by atoms with Gasteiger partial charge in [-0.1, -0.05) is 18.2 Å². The van der Waals surface area contributed by atoms with E-state index in [9.17, 15) is 14.7 Å². The minimum Gasteiger partial charge on any atom is -0.407 e. The molecule has 1 atom stereocenters. The number of carbonyl (C=O) groups is 2. The first-order valence-corrected chi connectivity index (χ1v) is 8.46. The number of alkyl carbamates (subject to hydrolysis) is 1. The minimum absolute atomic E-state index is 0.0340. The van der Waals surface area contributed by atoms with E-state index in [4.69, 9.17) is 4.74 Å². The number of hydrogen-bond donors (Lipinski definition) is 2. The molecule has 7 heteroatoms. The van der Waals surface area contributed by atoms with E-state index in [-0.39, 0.29) is 13.0 Å². The average Bonchev–Trinajstić information content (AvgIpc) is 3.11. The van der Waals surface area contributed by atoms with Gasteiger partial charge in [-0.05, 0) is 36.1 Å². The predicted molar refractivity (Wildman–Crippen MR) is 90.7 cm³/mol. The Balaban J connectivity index is 1.60. The number of ether oxygens (including phenoxy) is 1. The molecule has 3 rings (SSSR count). The SMILES string of the molecule is Cc1csc(CNC(=O)O[C@@]2(O)CCN(c3ccccc3)C2=O)c1. The van der Waals surface area contributed by atoms with Crippen LogP contribution in [0.2, 0.25) is 0 Å². The third kappa shape index (κ3) is 3.42. The molecule has 0 unspecified atom stereocenters. The maximum atomic E-state index is 12.4. The summed E-state index contributed by atoms with van der Waals surface area (Å²) < 4.78 is 5.01. The molecular weight excluding hydrogens is 328 g/mol. The number of aliphatic hydroxyl groups is 1. The number of anilines is 1. The lowest BCUT2D eigenvalue weighted by molar-refractivity contribution is -0.175. The van der Waals surface area contributed by atoms with E-state index < -0.39 is 17.8 Å². The number of aryl methyl sites for hydroxylation is 1. The molecule has 0 aliphatic carbocycles. The van der Waals surface area contributed by atoms with E-state index in [1.54, 1.807) is 24.3 Å². The van der Waals surface area contributed by atoms with Gasteiger partial charge in [-0.3, -0.25) is 4.79 Å². The third-order valence-electron chi connectivity index (χ3n) is 3.77. The van der Waals surface area contributed by atoms with E-state index >= 15 is 0 Å². The fourth-order valence-corrected chi connectivity index (χ4v) is 3.38. The van der Waals surface area contributed by atoms with Gasteiger partial charge >= 0.3 is 6.09 Å². The summed E-state index contributed by atoms with van der Waals surface area (Å²) in [4.78, 5) is 26.7. The number of nitrogens with zero attached hydrogens (tertiary/aromatic N) is 1. The van der Waals surface area contributed by atoms with Crippen molar-refractivity contribution in [1.29, 1.82) is 0 Å². The van der Waals surface area contributed by atoms with Crippen LogP contribution < -0.4 is 10.2 Å². The van der Waals surface area contributed by atoms with Gasteiger partial charge in [-0.2, -0.15) is 0 Å². The number of carbonyl (C=O) groups excluding carboxylic acids is 2. The Morgan fingerprint density at radius 2 is 2.17 bits per heavy atom. The predicted octanol–water partition coefficient (Wildman–Crippen LogP) is 2.41. The average molecular weight is 346 g/mol. The van der Waals surface area contributed by atoms with Crippen LogP contribution in [0, 0.1) is 6.92 Å². The van der Waals surface area contributed by atoms with Gasteiger partial charge in [0.2, 0.25) is 0 Å². The molecule has 0 spiro atoms. The van der Waals surface area contributed by atoms with E-state index in [1.165, 1.54) is 16.2 Å². The first-order valence-electron chi connectivity index (χ1n) is 7.58. The third-order valence-corrected chi connectivity index (χ3v) is 4.83. The number of amides is 2. The molecule has 126 valence electrons. The van der Waals surface area contributed by atoms with Crippen LogP contribution in [0.15, 0.2) is 41.8 Å². The van der Waals surface area contributed by atoms with Gasteiger partial charge < -0.3 is 20.1 Å². The van der Waals surface area contributed by atoms with Crippen LogP contribution in [-0.4, -0.2) is 29.4 Å². The summed E-state index contributed by atoms with van der Waals surface area (Å²) in [6.45, 7) is 2.55. The summed E-state index contributed by atoms with van der Waals surface area (Å²) in [7, 11) is 0. The van der Waals surface area contributed by atoms with Crippen molar-refractivity contribution in [2.24, 2.45) is 0 Å². The van der Waals surface area contributed by atoms with Gasteiger partial charge in [-0.15, -0.1) is 11.3 Å². The molecule has 1 aromatic carbocycles. The monoisotopic (exact) mass is 346 g/mol. The lowest BCUT2D eigenvalue weighted by Crippen LogP contribution is -2.46. The fraction of sp³-hybridized carbons (Fsp3) is 0.294. The van der Waals surface area contributed by atoms with Crippen LogP contribution in [0.3, 0.4) is 0 Å². The highest BCUT2D eigenvalue weighted by Crippen LogP contribution is 2.29. The Labute approximate surface area is 143 Å². The number of nitrogens with one attached hydrogen (secondary N) is 1. The Kier molecular flexibility index (Phi) is 4.55. The maximum absolute atomic E-state index is 12.4. The molecule has 1 aliphatic heterocycles. The van der Waals surface area contributed by atoms with Crippen LogP contribution in [-0.2, 0) is 16.1 Å². The van der Waals surface area contributed by atoms with Crippen molar-refractivity contribution >= 4 is 29.0 Å². The first-order chi connectivity index (χ1) is 11.5. The highest BCUT2D eigenvalue weighted by molar-refractivity contribution is 7.10. The Morgan fingerprint density at radius 1 is 1.42 bits per heavy atom. The van der Waals surface area contributed by atoms with E-state index in [1.807, 2.05) is 24.4 Å². The van der Waals surface area contributed by atoms with Crippen molar-refractivity contribution in [3.8, 4) is 0 Å². The van der Waals surface area contributed by atoms with Gasteiger partial charge in [0.1, 0.15) is 0 Å². The molecule has 2 amide bonds. The molecule has 2 heterocycles. The van der Waals surface area contributed by atoms with E-state index in [2.05, 4.69) is 5.32 Å². The molecule has 0 radical (unpaired) electrons. The summed E-state index contributed by atoms with van der Waals surface area (Å²) in [6.07, 6.45) is -0.779. The van der Waals surface area contributed by atoms with Crippen molar-refractivity contribution < 1.29 is 19.4 Å². The standard InChI is InChI=1S/C17H18N2O4S/c1-12-9-14(24-11-12)10-18-16(21)23-17(22)7-8-19(15(17)20)13-5-3-2-4-6-13/h2-6,9,11,22H,7-8,10H2,1H3,(H,18,21)/t17-/m0/s1. The molecule has 0 bridgehead atoms. The van der Waals surface area contributed by atoms with Crippen LogP contribution in [0.25, 0.3) is 0 Å². The van der Waals surface area contributed by atoms with Crippen LogP contribution in [0.5, 0.6) is 0 Å². The zero-order chi connectivity index (χ0) is 17.2. The highest BCUT2D eigenvalue weighted by Gasteiger charge is 2.49. The van der Waals surface area contributed by atoms with E-state index in [0.717, 1.165) is 10.4 Å². The second-order valence-electron chi connectivity index (χ2n) is 5.66. The zero-order valence-electron chi connectivity index (χ0n) is 13.2. The summed E-state index contributed by atoms with van der Waals surface area (Å²) in [5.41, 5.74) is 1.78. The normalized spacial score (nSPS) is 20.2. The largest absolute Gasteiger partial charge is 0.410 e. The van der Waals surface area contributed by atoms with Crippen molar-refractivity contribution in [1.82, 2.24) is 5.32 Å². The number of para-hydroxylation sites is 1. The molecule has 2 aromatic rings. The second-order valence-corrected chi connectivity index (χ2v) is 6.66. The summed E-state index contributed by atoms with van der Waals surface area (Å²) in [5.74, 6) is -2.75. The Bertz CT molecular complexity index is 746. The smallest absolute Gasteiger partial charge is 0.407 e. The van der Waals surface area contributed by atoms with Gasteiger partial charge in [0.05, 0.1) is 6.54 Å². The number of thiophene rings is 1. The van der Waals surface area contributed by atoms with Crippen LogP contribution in [0.1, 0.15) is 16.9 Å². The summed E-state index contributed by atoms with van der Waals surface area (Å²) >= 11 is 1.52. The van der Waals surface area contributed by atoms with Crippen LogP contribution >= 0.6 is 11.3 Å². The summed E-state index contributed by atoms with van der Waals surface area (Å²) in [6, 6.07) is 10.9. The van der Waals surface area contributed by atoms with Crippen molar-refractivity contribution in [2.75, 3.05) is 11.4 Å². The molecule has 2 N–H and O–H groups in total. The number of benzene rings is 1. The highest BCUT2D eigenvalue weighted by atomic mass is 32.1. The fourth-order valence-electron chi connectivity index (χ4n) is 2.56. The molecule has 1 aliphatic rings. The number of hydrogen-bond acceptors (Lipinski definition) is 5. The minimum atomic E-state index is -2.12. The Morgan fingerprint density at radius 3 is 2.83 bits per heavy atom. The summed E-state index contributed by atoms with van der Waals surface area (Å²) in [5, 5.41) is 14.9. The molecule has 1 saturated heterocycles. The second kappa shape index (κ2) is 6.62. The van der Waals surface area contributed by atoms with Gasteiger partial charge in [0.25, 0.3) is 11.7 Å². The van der Waals surface area contributed by atoms with Gasteiger partial charge in [-0.25, -0.2) is 4.79 Å². The Hall–Kier alpha value is -2.38. The maximum Gasteiger partial charge on any atom is 0.410 e. The van der Waals surface area contributed by atoms with Gasteiger partial charge in [0.15, 0.2) is 0 Å². The van der Waals surface area contributed by atoms with Gasteiger partial charge in [0, 0.05) is 23.5 Å². The van der Waals surface area contributed by atoms with E-state index in [0.29, 0.717) is 12.2 Å². The molecule has 24 heavy (non-hydrogen) atoms. The van der Waals surface area contributed by atoms with Crippen LogP contribution in [0.4, 0.5) is 10.5 Å². The first kappa shape index (κ1) is 16.5. The van der Waals surface area contributed by atoms with Crippen molar-refractivity contribution in [3.63, 3.8) is 0 Å². The molecule has 0 saturated carbocycles. The van der Waals surface area contributed by atoms with Crippen molar-refractivity contribution in [3.05, 3.63) is 52.2 Å². The number of rotatable bonds is 4. The zero-order valence-corrected chi connectivity index (χ0v) is 14.0. The molecule has 1 aromatic heterocycles. The lowest BCUT2D eigenvalue weighted by Gasteiger charge is -2.22. The van der Waals surface area contributed by atoms with Crippen molar-refractivity contribution in [2.45, 2.75) is 25.7 Å².